The third-order valence-corrected chi connectivity index (χ3v) is 11.2. The van der Waals surface area contributed by atoms with Crippen LogP contribution in [0.3, 0.4) is 0 Å². The van der Waals surface area contributed by atoms with Crippen LogP contribution >= 0.6 is 23.2 Å². The summed E-state index contributed by atoms with van der Waals surface area (Å²) in [5, 5.41) is 17.0. The van der Waals surface area contributed by atoms with Gasteiger partial charge in [0.05, 0.1) is 24.9 Å². The molecule has 3 atom stereocenters. The monoisotopic (exact) mass is 774 g/mol. The maximum Gasteiger partial charge on any atom is 0.322 e. The average Bonchev–Trinajstić information content (AvgIpc) is 3.78. The molecule has 4 heterocycles. The number of carboxylic acid groups (broad SMARTS) is 1. The molecular formula is C40H44Cl2N6O6. The van der Waals surface area contributed by atoms with Crippen LogP contribution in [0.5, 0.6) is 17.6 Å². The second-order valence-electron chi connectivity index (χ2n) is 14.0. The summed E-state index contributed by atoms with van der Waals surface area (Å²) in [5.74, 6) is 0.447. The third-order valence-electron chi connectivity index (χ3n) is 10.5. The topological polar surface area (TPSA) is 138 Å². The normalized spacial score (nSPS) is 20.1. The van der Waals surface area contributed by atoms with E-state index in [9.17, 15) is 14.7 Å². The first-order chi connectivity index (χ1) is 26.1. The molecule has 0 saturated carbocycles. The van der Waals surface area contributed by atoms with Crippen LogP contribution < -0.4 is 24.8 Å². The number of carboxylic acids is 1. The molecule has 284 valence electrons. The number of pyridine rings is 2. The molecule has 2 aliphatic heterocycles. The molecule has 1 unspecified atom stereocenters. The number of benzene rings is 2. The minimum atomic E-state index is -0.842. The van der Waals surface area contributed by atoms with E-state index in [2.05, 4.69) is 32.7 Å². The van der Waals surface area contributed by atoms with Crippen LogP contribution in [0, 0.1) is 0 Å². The van der Waals surface area contributed by atoms with Gasteiger partial charge in [-0.05, 0) is 55.1 Å². The number of aliphatic carboxylic acids is 1. The smallest absolute Gasteiger partial charge is 0.322 e. The molecule has 2 fully saturated rings. The zero-order chi connectivity index (χ0) is 37.9. The van der Waals surface area contributed by atoms with Crippen molar-refractivity contribution >= 4 is 35.1 Å². The Kier molecular flexibility index (Phi) is 11.6. The standard InChI is InChI=1S/C40H44Cl2N6O6/c1-47-16-17-48(22-33(47)40(50)51)21-24-18-31(41)39(46-38(24)53-3)54-34-14-12-27-26(6-4-7-28(27)34)29-8-5-9-30(36(29)42)32-13-10-23(37(45-32)52-2)19-43-20-25-11-15-35(49)44-25/h4-10,13,18,25,33-34,43H,11-12,14-17,19-22H2,1-3H3,(H,44,49)(H,50,51)/t25-,33?,34-/m0/s1. The van der Waals surface area contributed by atoms with E-state index in [0.29, 0.717) is 73.2 Å². The average molecular weight is 776 g/mol. The highest BCUT2D eigenvalue weighted by molar-refractivity contribution is 6.36. The Bertz CT molecular complexity index is 2050. The number of hydrogen-bond donors (Lipinski definition) is 3. The van der Waals surface area contributed by atoms with Gasteiger partial charge in [0.25, 0.3) is 0 Å². The molecule has 2 saturated heterocycles. The van der Waals surface area contributed by atoms with Gasteiger partial charge >= 0.3 is 5.97 Å². The predicted molar refractivity (Wildman–Crippen MR) is 206 cm³/mol. The molecule has 1 amide bonds. The van der Waals surface area contributed by atoms with E-state index in [1.807, 2.05) is 48.3 Å². The first kappa shape index (κ1) is 37.8. The fourth-order valence-corrected chi connectivity index (χ4v) is 8.20. The van der Waals surface area contributed by atoms with E-state index in [0.717, 1.165) is 58.2 Å². The molecule has 0 bridgehead atoms. The number of likely N-dealkylation sites (N-methyl/N-ethyl adjacent to an activating group) is 1. The Morgan fingerprint density at radius 3 is 2.46 bits per heavy atom. The lowest BCUT2D eigenvalue weighted by molar-refractivity contribution is -0.145. The molecule has 2 aromatic heterocycles. The summed E-state index contributed by atoms with van der Waals surface area (Å²) in [6, 6.07) is 17.4. The number of methoxy groups -OCH3 is 2. The molecule has 14 heteroatoms. The lowest BCUT2D eigenvalue weighted by Crippen LogP contribution is -2.54. The van der Waals surface area contributed by atoms with Crippen molar-refractivity contribution in [1.29, 1.82) is 0 Å². The summed E-state index contributed by atoms with van der Waals surface area (Å²) in [5.41, 5.74) is 7.28. The second kappa shape index (κ2) is 16.5. The molecule has 3 aliphatic rings. The van der Waals surface area contributed by atoms with Crippen LogP contribution in [0.25, 0.3) is 22.4 Å². The summed E-state index contributed by atoms with van der Waals surface area (Å²) in [6.45, 7) is 3.43. The highest BCUT2D eigenvalue weighted by Gasteiger charge is 2.32. The minimum absolute atomic E-state index is 0.0983. The first-order valence-corrected chi connectivity index (χ1v) is 18.9. The number of nitrogens with one attached hydrogen (secondary N) is 2. The van der Waals surface area contributed by atoms with Crippen molar-refractivity contribution in [1.82, 2.24) is 30.4 Å². The molecule has 0 radical (unpaired) electrons. The first-order valence-electron chi connectivity index (χ1n) is 18.1. The minimum Gasteiger partial charge on any atom is -0.481 e. The number of rotatable bonds is 13. The van der Waals surface area contributed by atoms with Gasteiger partial charge in [0.1, 0.15) is 17.2 Å². The number of carbonyl (C=O) groups excluding carboxylic acids is 1. The van der Waals surface area contributed by atoms with Gasteiger partial charge in [-0.25, -0.2) is 4.98 Å². The Labute approximate surface area is 324 Å². The van der Waals surface area contributed by atoms with Gasteiger partial charge in [-0.15, -0.1) is 0 Å². The maximum absolute atomic E-state index is 11.8. The maximum atomic E-state index is 11.8. The predicted octanol–water partition coefficient (Wildman–Crippen LogP) is 5.77. The van der Waals surface area contributed by atoms with Crippen molar-refractivity contribution in [2.45, 2.75) is 57.0 Å². The van der Waals surface area contributed by atoms with Crippen molar-refractivity contribution in [3.05, 3.63) is 86.9 Å². The van der Waals surface area contributed by atoms with Crippen molar-refractivity contribution in [3.63, 3.8) is 0 Å². The van der Waals surface area contributed by atoms with Crippen molar-refractivity contribution in [3.8, 4) is 40.0 Å². The molecule has 54 heavy (non-hydrogen) atoms. The summed E-state index contributed by atoms with van der Waals surface area (Å²) in [6.07, 6.45) is 2.62. The van der Waals surface area contributed by atoms with Gasteiger partial charge in [0, 0.05) is 74.0 Å². The number of amides is 1. The second-order valence-corrected chi connectivity index (χ2v) is 14.8. The highest BCUT2D eigenvalue weighted by Crippen LogP contribution is 2.45. The van der Waals surface area contributed by atoms with Crippen LogP contribution in [0.4, 0.5) is 0 Å². The zero-order valence-electron chi connectivity index (χ0n) is 30.5. The van der Waals surface area contributed by atoms with E-state index in [1.54, 1.807) is 20.3 Å². The molecule has 12 nitrogen and oxygen atoms in total. The number of hydrogen-bond acceptors (Lipinski definition) is 10. The number of nitrogens with zero attached hydrogens (tertiary/aromatic N) is 4. The molecule has 1 aliphatic carbocycles. The van der Waals surface area contributed by atoms with Crippen LogP contribution in [-0.2, 0) is 29.1 Å². The Hall–Kier alpha value is -4.46. The largest absolute Gasteiger partial charge is 0.481 e. The van der Waals surface area contributed by atoms with Crippen LogP contribution in [0.15, 0.2) is 54.6 Å². The van der Waals surface area contributed by atoms with Crippen molar-refractivity contribution in [2.24, 2.45) is 0 Å². The Morgan fingerprint density at radius 2 is 1.70 bits per heavy atom. The number of aromatic nitrogens is 2. The van der Waals surface area contributed by atoms with Gasteiger partial charge in [0.2, 0.25) is 23.5 Å². The van der Waals surface area contributed by atoms with Gasteiger partial charge < -0.3 is 30.0 Å². The fraction of sp³-hybridized carbons (Fsp3) is 0.400. The van der Waals surface area contributed by atoms with Gasteiger partial charge in [-0.1, -0.05) is 65.7 Å². The van der Waals surface area contributed by atoms with E-state index < -0.39 is 12.0 Å². The molecule has 3 N–H and O–H groups in total. The van der Waals surface area contributed by atoms with Gasteiger partial charge in [0.15, 0.2) is 0 Å². The van der Waals surface area contributed by atoms with Crippen LogP contribution in [0.2, 0.25) is 10.0 Å². The lowest BCUT2D eigenvalue weighted by atomic mass is 9.94. The summed E-state index contributed by atoms with van der Waals surface area (Å²) >= 11 is 14.0. The molecule has 4 aromatic rings. The number of halogens is 2. The SMILES string of the molecule is COc1nc(-c2cccc(-c3cccc4c3CC[C@@H]4Oc3nc(OC)c(CN4CCN(C)C(C(=O)O)C4)cc3Cl)c2Cl)ccc1CNC[C@@H]1CCC(=O)N1. The number of piperazine rings is 1. The van der Waals surface area contributed by atoms with Crippen LogP contribution in [0.1, 0.15) is 47.6 Å². The van der Waals surface area contributed by atoms with E-state index >= 15 is 0 Å². The third kappa shape index (κ3) is 7.99. The molecule has 7 rings (SSSR count). The van der Waals surface area contributed by atoms with Gasteiger partial charge in [-0.3, -0.25) is 19.4 Å². The van der Waals surface area contributed by atoms with E-state index in [4.69, 9.17) is 42.4 Å². The highest BCUT2D eigenvalue weighted by atomic mass is 35.5. The van der Waals surface area contributed by atoms with Crippen molar-refractivity contribution < 1.29 is 28.9 Å². The van der Waals surface area contributed by atoms with E-state index in [1.165, 1.54) is 0 Å². The summed E-state index contributed by atoms with van der Waals surface area (Å²) < 4.78 is 17.8. The molecule has 0 spiro atoms. The number of fused-ring (bicyclic) bond motifs is 1. The van der Waals surface area contributed by atoms with Crippen LogP contribution in [-0.4, -0.2) is 96.3 Å². The number of ether oxygens (including phenoxy) is 3. The zero-order valence-corrected chi connectivity index (χ0v) is 32.0. The van der Waals surface area contributed by atoms with Crippen molar-refractivity contribution in [2.75, 3.05) is 47.4 Å². The molecular weight excluding hydrogens is 731 g/mol. The number of carbonyl (C=O) groups is 2. The lowest BCUT2D eigenvalue weighted by Gasteiger charge is -2.37. The Morgan fingerprint density at radius 1 is 0.944 bits per heavy atom. The quantitative estimate of drug-likeness (QED) is 0.153. The van der Waals surface area contributed by atoms with Gasteiger partial charge in [-0.2, -0.15) is 4.98 Å². The van der Waals surface area contributed by atoms with E-state index in [-0.39, 0.29) is 23.9 Å². The summed E-state index contributed by atoms with van der Waals surface area (Å²) in [7, 11) is 4.99. The summed E-state index contributed by atoms with van der Waals surface area (Å²) in [4.78, 5) is 36.7. The Balaban J connectivity index is 1.08. The fourth-order valence-electron chi connectivity index (χ4n) is 7.65. The molecule has 2 aromatic carbocycles.